The molecule has 0 aromatic heterocycles. The maximum atomic E-state index is 11.9. The van der Waals surface area contributed by atoms with Crippen molar-refractivity contribution in [1.82, 2.24) is 0 Å². The van der Waals surface area contributed by atoms with E-state index in [4.69, 9.17) is 28.6 Å². The average molecular weight is 685 g/mol. The minimum Gasteiger partial charge on any atom is -0.458 e. The van der Waals surface area contributed by atoms with Crippen molar-refractivity contribution in [3.8, 4) is 0 Å². The van der Waals surface area contributed by atoms with E-state index in [-0.39, 0.29) is 29.3 Å². The molecule has 7 aliphatic rings. The number of aliphatic hydroxyl groups excluding tert-OH is 6. The van der Waals surface area contributed by atoms with Gasteiger partial charge >= 0.3 is 5.97 Å². The summed E-state index contributed by atoms with van der Waals surface area (Å²) in [6.45, 7) is 3.76. The summed E-state index contributed by atoms with van der Waals surface area (Å²) in [5.41, 5.74) is 0.527. The van der Waals surface area contributed by atoms with Crippen LogP contribution in [0.1, 0.15) is 71.6 Å². The normalized spacial score (nSPS) is 53.8. The van der Waals surface area contributed by atoms with Crippen molar-refractivity contribution in [2.75, 3.05) is 13.2 Å². The highest BCUT2D eigenvalue weighted by Gasteiger charge is 2.63. The molecule has 3 aliphatic heterocycles. The van der Waals surface area contributed by atoms with Gasteiger partial charge in [-0.3, -0.25) is 5.26 Å². The summed E-state index contributed by atoms with van der Waals surface area (Å²) >= 11 is 0. The SMILES string of the molecule is C[C@@H]1O[C@@H](O[C@H]2CC[C@@]3(OO)[C@H](CC[C@H]4[C@H]5CC[C@H](C6=CC(=O)OC6)[C@@]5(C)CC[C@@H]43)C2)[C@@H](O)[C@H](O)[C@H]1O[C@@H]1O[C@H](CO)[C@@H](O)[C@H](O)[C@H]1O. The Morgan fingerprint density at radius 3 is 2.31 bits per heavy atom. The van der Waals surface area contributed by atoms with E-state index in [0.717, 1.165) is 44.1 Å². The maximum Gasteiger partial charge on any atom is 0.331 e. The number of cyclic esters (lactones) is 1. The van der Waals surface area contributed by atoms with Crippen molar-refractivity contribution >= 4 is 5.97 Å². The molecule has 0 aromatic carbocycles. The smallest absolute Gasteiger partial charge is 0.331 e. The Morgan fingerprint density at radius 1 is 0.854 bits per heavy atom. The molecule has 48 heavy (non-hydrogen) atoms. The van der Waals surface area contributed by atoms with Gasteiger partial charge in [-0.25, -0.2) is 9.68 Å². The lowest BCUT2D eigenvalue weighted by atomic mass is 9.47. The Kier molecular flexibility index (Phi) is 9.79. The molecule has 4 saturated carbocycles. The summed E-state index contributed by atoms with van der Waals surface area (Å²) in [5.74, 6) is 1.23. The number of carbonyl (C=O) groups excluding carboxylic acids is 1. The highest BCUT2D eigenvalue weighted by Crippen LogP contribution is 2.67. The van der Waals surface area contributed by atoms with Crippen LogP contribution in [0, 0.1) is 35.0 Å². The molecular formula is C34H52O14. The molecule has 14 heteroatoms. The van der Waals surface area contributed by atoms with Gasteiger partial charge in [0.1, 0.15) is 54.9 Å². The number of fused-ring (bicyclic) bond motifs is 5. The fourth-order valence-electron chi connectivity index (χ4n) is 11.1. The lowest BCUT2D eigenvalue weighted by molar-refractivity contribution is -0.386. The molecule has 3 heterocycles. The van der Waals surface area contributed by atoms with Gasteiger partial charge in [-0.05, 0) is 105 Å². The number of rotatable bonds is 7. The summed E-state index contributed by atoms with van der Waals surface area (Å²) in [7, 11) is 0. The van der Waals surface area contributed by atoms with Gasteiger partial charge in [-0.15, -0.1) is 0 Å². The summed E-state index contributed by atoms with van der Waals surface area (Å²) in [5, 5.41) is 72.7. The monoisotopic (exact) mass is 684 g/mol. The van der Waals surface area contributed by atoms with Gasteiger partial charge in [0.2, 0.25) is 0 Å². The zero-order valence-electron chi connectivity index (χ0n) is 27.6. The highest BCUT2D eigenvalue weighted by atomic mass is 17.1. The molecule has 18 atom stereocenters. The van der Waals surface area contributed by atoms with Crippen LogP contribution in [0.2, 0.25) is 0 Å². The highest BCUT2D eigenvalue weighted by molar-refractivity contribution is 5.85. The van der Waals surface area contributed by atoms with Gasteiger partial charge in [-0.1, -0.05) is 6.92 Å². The molecule has 0 amide bonds. The van der Waals surface area contributed by atoms with Gasteiger partial charge in [-0.2, -0.15) is 0 Å². The van der Waals surface area contributed by atoms with Gasteiger partial charge in [0.25, 0.3) is 0 Å². The summed E-state index contributed by atoms with van der Waals surface area (Å²) < 4.78 is 28.7. The molecule has 6 fully saturated rings. The number of ether oxygens (including phenoxy) is 5. The van der Waals surface area contributed by atoms with E-state index in [1.807, 2.05) is 0 Å². The van der Waals surface area contributed by atoms with Crippen LogP contribution in [0.5, 0.6) is 0 Å². The molecule has 0 unspecified atom stereocenters. The van der Waals surface area contributed by atoms with Crippen LogP contribution in [0.3, 0.4) is 0 Å². The van der Waals surface area contributed by atoms with Gasteiger partial charge in [0, 0.05) is 6.08 Å². The van der Waals surface area contributed by atoms with E-state index in [9.17, 15) is 40.7 Å². The number of hydrogen-bond acceptors (Lipinski definition) is 14. The zero-order chi connectivity index (χ0) is 34.1. The Balaban J connectivity index is 0.979. The lowest BCUT2D eigenvalue weighted by Crippen LogP contribution is -2.64. The Morgan fingerprint density at radius 2 is 1.60 bits per heavy atom. The van der Waals surface area contributed by atoms with Crippen molar-refractivity contribution in [1.29, 1.82) is 0 Å². The Bertz CT molecular complexity index is 1210. The third kappa shape index (κ3) is 5.68. The van der Waals surface area contributed by atoms with Crippen LogP contribution in [0.15, 0.2) is 11.6 Å². The third-order valence-electron chi connectivity index (χ3n) is 13.6. The van der Waals surface area contributed by atoms with Crippen molar-refractivity contribution in [3.63, 3.8) is 0 Å². The third-order valence-corrected chi connectivity index (χ3v) is 13.6. The Labute approximate surface area is 279 Å². The topological polar surface area (TPSA) is 214 Å². The van der Waals surface area contributed by atoms with E-state index in [1.165, 1.54) is 0 Å². The van der Waals surface area contributed by atoms with Crippen molar-refractivity contribution in [2.45, 2.75) is 145 Å². The van der Waals surface area contributed by atoms with E-state index in [1.54, 1.807) is 13.0 Å². The van der Waals surface area contributed by atoms with Crippen LogP contribution in [-0.2, 0) is 33.4 Å². The molecular weight excluding hydrogens is 632 g/mol. The quantitative estimate of drug-likeness (QED) is 0.0837. The molecule has 0 aromatic rings. The number of aliphatic hydroxyl groups is 6. The molecule has 4 aliphatic carbocycles. The lowest BCUT2D eigenvalue weighted by Gasteiger charge is -2.60. The Hall–Kier alpha value is -1.27. The molecule has 0 radical (unpaired) electrons. The van der Waals surface area contributed by atoms with Gasteiger partial charge in [0.05, 0.1) is 18.8 Å². The average Bonchev–Trinajstić information content (AvgIpc) is 3.67. The van der Waals surface area contributed by atoms with Crippen LogP contribution in [0.4, 0.5) is 0 Å². The first-order valence-electron chi connectivity index (χ1n) is 17.7. The fourth-order valence-corrected chi connectivity index (χ4v) is 11.1. The second-order valence-electron chi connectivity index (χ2n) is 15.7. The van der Waals surface area contributed by atoms with Crippen molar-refractivity contribution < 1.29 is 69.3 Å². The molecule has 0 bridgehead atoms. The molecule has 272 valence electrons. The predicted molar refractivity (Wildman–Crippen MR) is 162 cm³/mol. The fraction of sp³-hybridized carbons (Fsp3) is 0.912. The predicted octanol–water partition coefficient (Wildman–Crippen LogP) is 0.388. The summed E-state index contributed by atoms with van der Waals surface area (Å²) in [4.78, 5) is 17.4. The van der Waals surface area contributed by atoms with Crippen LogP contribution < -0.4 is 0 Å². The molecule has 2 saturated heterocycles. The van der Waals surface area contributed by atoms with Crippen molar-refractivity contribution in [2.24, 2.45) is 35.0 Å². The minimum atomic E-state index is -1.67. The number of esters is 1. The largest absolute Gasteiger partial charge is 0.458 e. The minimum absolute atomic E-state index is 0.0398. The second kappa shape index (κ2) is 13.4. The van der Waals surface area contributed by atoms with E-state index in [0.29, 0.717) is 43.6 Å². The summed E-state index contributed by atoms with van der Waals surface area (Å²) in [6, 6.07) is 0. The first kappa shape index (κ1) is 35.1. The summed E-state index contributed by atoms with van der Waals surface area (Å²) in [6.07, 6.45) is -4.65. The van der Waals surface area contributed by atoms with Crippen LogP contribution in [-0.4, -0.2) is 128 Å². The maximum absolute atomic E-state index is 11.9. The molecule has 0 spiro atoms. The number of hydrogen-bond donors (Lipinski definition) is 7. The van der Waals surface area contributed by atoms with Crippen LogP contribution >= 0.6 is 0 Å². The van der Waals surface area contributed by atoms with Gasteiger partial charge in [0.15, 0.2) is 12.6 Å². The van der Waals surface area contributed by atoms with E-state index < -0.39 is 73.6 Å². The first-order valence-corrected chi connectivity index (χ1v) is 17.7. The first-order chi connectivity index (χ1) is 22.9. The van der Waals surface area contributed by atoms with Gasteiger partial charge < -0.3 is 54.3 Å². The van der Waals surface area contributed by atoms with E-state index >= 15 is 0 Å². The molecule has 7 N–H and O–H groups in total. The molecule has 7 rings (SSSR count). The van der Waals surface area contributed by atoms with E-state index in [2.05, 4.69) is 6.92 Å². The standard InChI is InChI=1S/C34H52O14/c1-15-30(47-32-28(40)26(38)25(37)23(13-35)46-32)27(39)29(41)31(44-15)45-18-7-10-34(48-42)17(12-18)3-4-19-21-6-5-20(16-11-24(36)43-14-16)33(21,2)9-8-22(19)34/h11,15,17-23,25-32,35,37-42H,3-10,12-14H2,1-2H3/t15-,17+,18-,19-,20+,21+,22-,23+,25+,26-,27-,28+,29-,30-,31-,32-,33+,34+/m0/s1. The zero-order valence-corrected chi connectivity index (χ0v) is 27.6. The van der Waals surface area contributed by atoms with Crippen molar-refractivity contribution in [3.05, 3.63) is 11.6 Å². The number of carbonyl (C=O) groups is 1. The van der Waals surface area contributed by atoms with Crippen LogP contribution in [0.25, 0.3) is 0 Å². The second-order valence-corrected chi connectivity index (χ2v) is 15.7. The molecule has 14 nitrogen and oxygen atoms in total.